The zero-order valence-electron chi connectivity index (χ0n) is 19.0. The number of hydrogen-bond donors (Lipinski definition) is 1. The Hall–Kier alpha value is -3.36. The van der Waals surface area contributed by atoms with Gasteiger partial charge in [-0.1, -0.05) is 35.9 Å². The third-order valence-electron chi connectivity index (χ3n) is 4.95. The summed E-state index contributed by atoms with van der Waals surface area (Å²) in [7, 11) is -3.51. The minimum Gasteiger partial charge on any atom is -0.462 e. The van der Waals surface area contributed by atoms with Crippen LogP contribution in [0.1, 0.15) is 38.8 Å². The summed E-state index contributed by atoms with van der Waals surface area (Å²) in [6.07, 6.45) is 1.16. The zero-order chi connectivity index (χ0) is 24.9. The van der Waals surface area contributed by atoms with E-state index in [2.05, 4.69) is 5.32 Å². The fourth-order valence-corrected chi connectivity index (χ4v) is 4.42. The van der Waals surface area contributed by atoms with E-state index >= 15 is 0 Å². The predicted molar refractivity (Wildman–Crippen MR) is 134 cm³/mol. The number of halogens is 1. The normalized spacial score (nSPS) is 11.1. The Bertz CT molecular complexity index is 1310. The number of sulfonamides is 1. The van der Waals surface area contributed by atoms with E-state index in [0.29, 0.717) is 16.9 Å². The number of anilines is 2. The monoisotopic (exact) mass is 500 g/mol. The van der Waals surface area contributed by atoms with Gasteiger partial charge in [0.2, 0.25) is 10.0 Å². The van der Waals surface area contributed by atoms with Crippen LogP contribution >= 0.6 is 11.6 Å². The fraction of sp³-hybridized carbons (Fsp3) is 0.200. The van der Waals surface area contributed by atoms with Crippen molar-refractivity contribution in [2.24, 2.45) is 0 Å². The number of aryl methyl sites for hydroxylation is 1. The van der Waals surface area contributed by atoms with Gasteiger partial charge in [0.25, 0.3) is 5.91 Å². The van der Waals surface area contributed by atoms with E-state index in [1.165, 1.54) is 16.4 Å². The first-order chi connectivity index (χ1) is 16.1. The van der Waals surface area contributed by atoms with E-state index in [4.69, 9.17) is 16.3 Å². The zero-order valence-corrected chi connectivity index (χ0v) is 20.6. The van der Waals surface area contributed by atoms with Gasteiger partial charge in [-0.15, -0.1) is 0 Å². The molecular weight excluding hydrogens is 476 g/mol. The molecule has 9 heteroatoms. The lowest BCUT2D eigenvalue weighted by atomic mass is 10.1. The van der Waals surface area contributed by atoms with E-state index in [9.17, 15) is 18.0 Å². The smallest absolute Gasteiger partial charge is 0.339 e. The van der Waals surface area contributed by atoms with Gasteiger partial charge in [0.15, 0.2) is 0 Å². The molecule has 0 aliphatic carbocycles. The Morgan fingerprint density at radius 3 is 2.32 bits per heavy atom. The molecule has 3 aromatic rings. The van der Waals surface area contributed by atoms with Gasteiger partial charge in [-0.3, -0.25) is 9.10 Å². The summed E-state index contributed by atoms with van der Waals surface area (Å²) in [5, 5.41) is 2.90. The van der Waals surface area contributed by atoms with Gasteiger partial charge in [-0.25, -0.2) is 13.2 Å². The Balaban J connectivity index is 1.73. The molecule has 0 unspecified atom stereocenters. The molecule has 0 fully saturated rings. The minimum atomic E-state index is -3.51. The van der Waals surface area contributed by atoms with Gasteiger partial charge < -0.3 is 10.1 Å². The summed E-state index contributed by atoms with van der Waals surface area (Å²) in [5.41, 5.74) is 3.28. The molecule has 0 aliphatic rings. The summed E-state index contributed by atoms with van der Waals surface area (Å²) in [5.74, 6) is -0.903. The minimum absolute atomic E-state index is 0.134. The first-order valence-electron chi connectivity index (χ1n) is 10.5. The second-order valence-corrected chi connectivity index (χ2v) is 9.99. The molecule has 0 atom stereocenters. The molecule has 3 rings (SSSR count). The van der Waals surface area contributed by atoms with Gasteiger partial charge in [-0.2, -0.15) is 0 Å². The maximum Gasteiger partial charge on any atom is 0.339 e. The lowest BCUT2D eigenvalue weighted by Crippen LogP contribution is -2.29. The number of amides is 1. The van der Waals surface area contributed by atoms with Crippen LogP contribution in [0.25, 0.3) is 0 Å². The summed E-state index contributed by atoms with van der Waals surface area (Å²) < 4.78 is 31.0. The van der Waals surface area contributed by atoms with Crippen molar-refractivity contribution in [2.75, 3.05) is 22.5 Å². The molecule has 0 radical (unpaired) electrons. The number of carbonyl (C=O) groups excluding carboxylic acids is 2. The van der Waals surface area contributed by atoms with E-state index in [-0.39, 0.29) is 29.6 Å². The molecule has 0 saturated carbocycles. The Morgan fingerprint density at radius 1 is 1.03 bits per heavy atom. The van der Waals surface area contributed by atoms with Crippen molar-refractivity contribution in [1.29, 1.82) is 0 Å². The first-order valence-corrected chi connectivity index (χ1v) is 12.7. The van der Waals surface area contributed by atoms with Crippen LogP contribution in [0.5, 0.6) is 0 Å². The van der Waals surface area contributed by atoms with Crippen LogP contribution in [0.2, 0.25) is 5.02 Å². The van der Waals surface area contributed by atoms with Gasteiger partial charge >= 0.3 is 5.97 Å². The average Bonchev–Trinajstić information content (AvgIpc) is 2.77. The molecule has 0 aromatic heterocycles. The molecular formula is C25H25ClN2O5S. The lowest BCUT2D eigenvalue weighted by molar-refractivity contribution is 0.0526. The fourth-order valence-electron chi connectivity index (χ4n) is 3.28. The van der Waals surface area contributed by atoms with Crippen LogP contribution in [-0.2, 0) is 21.3 Å². The summed E-state index contributed by atoms with van der Waals surface area (Å²) in [4.78, 5) is 24.5. The van der Waals surface area contributed by atoms with Crippen LogP contribution < -0.4 is 9.62 Å². The number of nitrogens with zero attached hydrogens (tertiary/aromatic N) is 1. The van der Waals surface area contributed by atoms with Crippen molar-refractivity contribution < 1.29 is 22.7 Å². The topological polar surface area (TPSA) is 92.8 Å². The predicted octanol–water partition coefficient (Wildman–Crippen LogP) is 5.04. The number of hydrogen-bond acceptors (Lipinski definition) is 5. The average molecular weight is 501 g/mol. The summed E-state index contributed by atoms with van der Waals surface area (Å²) in [6.45, 7) is 3.97. The highest BCUT2D eigenvalue weighted by Crippen LogP contribution is 2.24. The number of rotatable bonds is 8. The van der Waals surface area contributed by atoms with Crippen LogP contribution in [-0.4, -0.2) is 33.2 Å². The van der Waals surface area contributed by atoms with Crippen LogP contribution in [0, 0.1) is 6.92 Å². The quantitative estimate of drug-likeness (QED) is 0.437. The molecule has 0 bridgehead atoms. The maximum atomic E-state index is 12.6. The lowest BCUT2D eigenvalue weighted by Gasteiger charge is -2.23. The van der Waals surface area contributed by atoms with Crippen molar-refractivity contribution in [2.45, 2.75) is 20.4 Å². The Kier molecular flexibility index (Phi) is 7.96. The first kappa shape index (κ1) is 25.3. The van der Waals surface area contributed by atoms with Crippen molar-refractivity contribution >= 4 is 44.9 Å². The number of nitrogens with one attached hydrogen (secondary N) is 1. The molecule has 178 valence electrons. The Labute approximate surface area is 204 Å². The highest BCUT2D eigenvalue weighted by Gasteiger charge is 2.18. The highest BCUT2D eigenvalue weighted by atomic mass is 35.5. The maximum absolute atomic E-state index is 12.6. The Morgan fingerprint density at radius 2 is 1.74 bits per heavy atom. The SMILES string of the molecule is CCOC(=O)c1ccc(NC(=O)c2ccc(CN(c3cccc(C)c3)S(C)(=O)=O)cc2)cc1Cl. The summed E-state index contributed by atoms with van der Waals surface area (Å²) >= 11 is 6.15. The molecule has 0 aliphatic heterocycles. The van der Waals surface area contributed by atoms with Crippen molar-refractivity contribution in [3.8, 4) is 0 Å². The van der Waals surface area contributed by atoms with Gasteiger partial charge in [0, 0.05) is 11.3 Å². The molecule has 1 N–H and O–H groups in total. The highest BCUT2D eigenvalue weighted by molar-refractivity contribution is 7.92. The van der Waals surface area contributed by atoms with E-state index in [0.717, 1.165) is 17.4 Å². The summed E-state index contributed by atoms with van der Waals surface area (Å²) in [6, 6.07) is 18.4. The van der Waals surface area contributed by atoms with E-state index < -0.39 is 16.0 Å². The molecule has 3 aromatic carbocycles. The molecule has 7 nitrogen and oxygen atoms in total. The van der Waals surface area contributed by atoms with Gasteiger partial charge in [0.1, 0.15) is 0 Å². The number of ether oxygens (including phenoxy) is 1. The molecule has 1 amide bonds. The standard InChI is InChI=1S/C25H25ClN2O5S/c1-4-33-25(30)22-13-12-20(15-23(22)26)27-24(29)19-10-8-18(9-11-19)16-28(34(3,31)32)21-7-5-6-17(2)14-21/h5-15H,4,16H2,1-3H3,(H,27,29). The molecule has 0 spiro atoms. The van der Waals surface area contributed by atoms with E-state index in [1.807, 2.05) is 19.1 Å². The number of esters is 1. The van der Waals surface area contributed by atoms with E-state index in [1.54, 1.807) is 49.4 Å². The number of benzene rings is 3. The van der Waals surface area contributed by atoms with Crippen molar-refractivity contribution in [1.82, 2.24) is 0 Å². The largest absolute Gasteiger partial charge is 0.462 e. The second-order valence-electron chi connectivity index (χ2n) is 7.67. The van der Waals surface area contributed by atoms with Gasteiger partial charge in [-0.05, 0) is 67.4 Å². The van der Waals surface area contributed by atoms with Crippen LogP contribution in [0.15, 0.2) is 66.7 Å². The van der Waals surface area contributed by atoms with Crippen molar-refractivity contribution in [3.05, 3.63) is 94.0 Å². The second kappa shape index (κ2) is 10.7. The third-order valence-corrected chi connectivity index (χ3v) is 6.41. The third kappa shape index (κ3) is 6.36. The molecule has 0 heterocycles. The molecule has 0 saturated heterocycles. The van der Waals surface area contributed by atoms with Crippen LogP contribution in [0.3, 0.4) is 0 Å². The number of carbonyl (C=O) groups is 2. The van der Waals surface area contributed by atoms with Crippen LogP contribution in [0.4, 0.5) is 11.4 Å². The van der Waals surface area contributed by atoms with Gasteiger partial charge in [0.05, 0.1) is 35.7 Å². The van der Waals surface area contributed by atoms with Crippen molar-refractivity contribution in [3.63, 3.8) is 0 Å². The molecule has 34 heavy (non-hydrogen) atoms.